The van der Waals surface area contributed by atoms with Gasteiger partial charge in [0.2, 0.25) is 0 Å². The van der Waals surface area contributed by atoms with Gasteiger partial charge in [-0.05, 0) is 50.6 Å². The number of fused-ring (bicyclic) bond motifs is 2. The van der Waals surface area contributed by atoms with Gasteiger partial charge in [-0.15, -0.1) is 0 Å². The second-order valence-corrected chi connectivity index (χ2v) is 9.13. The summed E-state index contributed by atoms with van der Waals surface area (Å²) in [6, 6.07) is 14.1. The number of piperazine rings is 1. The van der Waals surface area contributed by atoms with Crippen molar-refractivity contribution in [2.24, 2.45) is 7.05 Å². The SMILES string of the molecule is CC(c1ccc2nccnc2c1)N1C[C@H](C)N(c2cc(=O)n(C)c3ccc(C#N)nc23)C[C@H]1C. The molecule has 8 heteroatoms. The van der Waals surface area contributed by atoms with E-state index in [4.69, 9.17) is 0 Å². The molecule has 1 fully saturated rings. The molecule has 1 aromatic carbocycles. The van der Waals surface area contributed by atoms with E-state index in [1.165, 1.54) is 5.56 Å². The normalized spacial score (nSPS) is 19.9. The average Bonchev–Trinajstić information content (AvgIpc) is 2.86. The highest BCUT2D eigenvalue weighted by atomic mass is 16.1. The van der Waals surface area contributed by atoms with Crippen molar-refractivity contribution < 1.29 is 0 Å². The largest absolute Gasteiger partial charge is 0.364 e. The van der Waals surface area contributed by atoms with Crippen molar-refractivity contribution in [1.29, 1.82) is 5.26 Å². The van der Waals surface area contributed by atoms with E-state index < -0.39 is 0 Å². The van der Waals surface area contributed by atoms with Gasteiger partial charge in [0.25, 0.3) is 5.56 Å². The summed E-state index contributed by atoms with van der Waals surface area (Å²) < 4.78 is 1.59. The Morgan fingerprint density at radius 2 is 1.79 bits per heavy atom. The van der Waals surface area contributed by atoms with Crippen LogP contribution in [0.2, 0.25) is 0 Å². The summed E-state index contributed by atoms with van der Waals surface area (Å²) in [5.41, 5.74) is 5.48. The molecule has 1 unspecified atom stereocenters. The molecule has 8 nitrogen and oxygen atoms in total. The Balaban J connectivity index is 1.48. The van der Waals surface area contributed by atoms with Crippen LogP contribution in [-0.2, 0) is 7.05 Å². The number of nitrogens with zero attached hydrogens (tertiary/aromatic N) is 7. The molecular formula is C26H27N7O. The summed E-state index contributed by atoms with van der Waals surface area (Å²) in [5.74, 6) is 0. The molecule has 0 N–H and O–H groups in total. The van der Waals surface area contributed by atoms with Crippen LogP contribution in [0, 0.1) is 11.3 Å². The summed E-state index contributed by atoms with van der Waals surface area (Å²) >= 11 is 0. The molecule has 3 atom stereocenters. The number of benzene rings is 1. The zero-order valence-corrected chi connectivity index (χ0v) is 19.8. The lowest BCUT2D eigenvalue weighted by atomic mass is 9.99. The third-order valence-corrected chi connectivity index (χ3v) is 7.00. The van der Waals surface area contributed by atoms with Gasteiger partial charge < -0.3 is 9.47 Å². The average molecular weight is 454 g/mol. The van der Waals surface area contributed by atoms with E-state index >= 15 is 0 Å². The molecule has 5 rings (SSSR count). The number of aryl methyl sites for hydroxylation is 1. The maximum absolute atomic E-state index is 12.7. The first-order valence-electron chi connectivity index (χ1n) is 11.5. The van der Waals surface area contributed by atoms with Crippen LogP contribution in [0.4, 0.5) is 5.69 Å². The van der Waals surface area contributed by atoms with Crippen LogP contribution in [0.1, 0.15) is 38.1 Å². The van der Waals surface area contributed by atoms with E-state index in [1.807, 2.05) is 6.07 Å². The maximum Gasteiger partial charge on any atom is 0.252 e. The second-order valence-electron chi connectivity index (χ2n) is 9.13. The molecule has 0 bridgehead atoms. The van der Waals surface area contributed by atoms with E-state index in [0.717, 1.165) is 35.3 Å². The van der Waals surface area contributed by atoms with E-state index in [1.54, 1.807) is 42.2 Å². The smallest absolute Gasteiger partial charge is 0.252 e. The zero-order chi connectivity index (χ0) is 24.0. The third kappa shape index (κ3) is 3.68. The number of anilines is 1. The zero-order valence-electron chi connectivity index (χ0n) is 19.8. The van der Waals surface area contributed by atoms with E-state index in [0.29, 0.717) is 11.2 Å². The highest BCUT2D eigenvalue weighted by Gasteiger charge is 2.33. The van der Waals surface area contributed by atoms with Gasteiger partial charge in [0.15, 0.2) is 0 Å². The molecule has 1 saturated heterocycles. The molecule has 0 radical (unpaired) electrons. The fourth-order valence-corrected chi connectivity index (χ4v) is 5.05. The molecule has 1 aliphatic heterocycles. The molecular weight excluding hydrogens is 426 g/mol. The molecule has 3 aromatic heterocycles. The number of nitriles is 1. The van der Waals surface area contributed by atoms with Gasteiger partial charge in [0, 0.05) is 56.7 Å². The molecule has 0 spiro atoms. The quantitative estimate of drug-likeness (QED) is 0.469. The lowest BCUT2D eigenvalue weighted by Gasteiger charge is -2.47. The van der Waals surface area contributed by atoms with Crippen LogP contribution in [0.5, 0.6) is 0 Å². The number of rotatable bonds is 3. The van der Waals surface area contributed by atoms with Crippen LogP contribution in [0.15, 0.2) is 53.6 Å². The van der Waals surface area contributed by atoms with Crippen LogP contribution in [0.25, 0.3) is 22.1 Å². The van der Waals surface area contributed by atoms with Gasteiger partial charge in [-0.3, -0.25) is 19.7 Å². The van der Waals surface area contributed by atoms with Crippen LogP contribution in [0.3, 0.4) is 0 Å². The van der Waals surface area contributed by atoms with Crippen molar-refractivity contribution in [3.8, 4) is 6.07 Å². The Morgan fingerprint density at radius 3 is 2.56 bits per heavy atom. The Hall–Kier alpha value is -3.83. The molecule has 0 saturated carbocycles. The lowest BCUT2D eigenvalue weighted by molar-refractivity contribution is 0.119. The number of hydrogen-bond donors (Lipinski definition) is 0. The van der Waals surface area contributed by atoms with Crippen molar-refractivity contribution in [2.45, 2.75) is 38.9 Å². The maximum atomic E-state index is 12.7. The molecule has 0 amide bonds. The molecule has 34 heavy (non-hydrogen) atoms. The minimum atomic E-state index is -0.0815. The fraction of sp³-hybridized carbons (Fsp3) is 0.346. The van der Waals surface area contributed by atoms with Gasteiger partial charge in [-0.2, -0.15) is 5.26 Å². The van der Waals surface area contributed by atoms with Crippen LogP contribution >= 0.6 is 0 Å². The van der Waals surface area contributed by atoms with Crippen LogP contribution in [-0.4, -0.2) is 49.6 Å². The van der Waals surface area contributed by atoms with Crippen molar-refractivity contribution in [1.82, 2.24) is 24.4 Å². The molecule has 0 aliphatic carbocycles. The monoisotopic (exact) mass is 453 g/mol. The summed E-state index contributed by atoms with van der Waals surface area (Å²) in [7, 11) is 1.74. The van der Waals surface area contributed by atoms with Gasteiger partial charge in [0.05, 0.1) is 22.2 Å². The van der Waals surface area contributed by atoms with Crippen molar-refractivity contribution in [3.05, 3.63) is 70.4 Å². The topological polar surface area (TPSA) is 90.9 Å². The van der Waals surface area contributed by atoms with E-state index in [-0.39, 0.29) is 23.7 Å². The van der Waals surface area contributed by atoms with Crippen molar-refractivity contribution in [3.63, 3.8) is 0 Å². The van der Waals surface area contributed by atoms with Crippen LogP contribution < -0.4 is 10.5 Å². The van der Waals surface area contributed by atoms with E-state index in [9.17, 15) is 10.1 Å². The van der Waals surface area contributed by atoms with Gasteiger partial charge in [0.1, 0.15) is 17.3 Å². The Labute approximate surface area is 198 Å². The first-order chi connectivity index (χ1) is 16.4. The predicted octanol–water partition coefficient (Wildman–Crippen LogP) is 3.41. The summed E-state index contributed by atoms with van der Waals surface area (Å²) in [5, 5.41) is 9.38. The van der Waals surface area contributed by atoms with E-state index in [2.05, 4.69) is 63.7 Å². The molecule has 172 valence electrons. The number of pyridine rings is 2. The number of aromatic nitrogens is 4. The standard InChI is InChI=1S/C26H27N7O/c1-16-15-33(24-12-25(34)31(4)23-8-6-20(13-27)30-26(23)24)17(2)14-32(16)18(3)19-5-7-21-22(11-19)29-10-9-28-21/h5-12,16-18H,14-15H2,1-4H3/t16-,17+,18?/m1/s1. The van der Waals surface area contributed by atoms with Gasteiger partial charge >= 0.3 is 0 Å². The highest BCUT2D eigenvalue weighted by Crippen LogP contribution is 2.32. The predicted molar refractivity (Wildman–Crippen MR) is 133 cm³/mol. The first-order valence-corrected chi connectivity index (χ1v) is 11.5. The highest BCUT2D eigenvalue weighted by molar-refractivity contribution is 5.89. The van der Waals surface area contributed by atoms with Crippen molar-refractivity contribution >= 4 is 27.8 Å². The Kier molecular flexibility index (Phi) is 5.50. The first kappa shape index (κ1) is 22.0. The second kappa shape index (κ2) is 8.50. The summed E-state index contributed by atoms with van der Waals surface area (Å²) in [6.07, 6.45) is 3.43. The molecule has 4 heterocycles. The summed E-state index contributed by atoms with van der Waals surface area (Å²) in [4.78, 5) is 30.9. The minimum Gasteiger partial charge on any atom is -0.364 e. The summed E-state index contributed by atoms with van der Waals surface area (Å²) in [6.45, 7) is 8.20. The van der Waals surface area contributed by atoms with Gasteiger partial charge in [-0.25, -0.2) is 4.98 Å². The molecule has 1 aliphatic rings. The molecule has 4 aromatic rings. The fourth-order valence-electron chi connectivity index (χ4n) is 5.05. The number of hydrogen-bond acceptors (Lipinski definition) is 7. The minimum absolute atomic E-state index is 0.0815. The Bertz CT molecular complexity index is 1490. The third-order valence-electron chi connectivity index (χ3n) is 7.00. The van der Waals surface area contributed by atoms with Crippen molar-refractivity contribution in [2.75, 3.05) is 18.0 Å². The Morgan fingerprint density at radius 1 is 1.03 bits per heavy atom. The lowest BCUT2D eigenvalue weighted by Crippen LogP contribution is -2.57. The van der Waals surface area contributed by atoms with Gasteiger partial charge in [-0.1, -0.05) is 6.07 Å².